The van der Waals surface area contributed by atoms with Crippen LogP contribution < -0.4 is 29.6 Å². The van der Waals surface area contributed by atoms with Crippen LogP contribution in [0.2, 0.25) is 0 Å². The van der Waals surface area contributed by atoms with Crippen molar-refractivity contribution in [1.29, 1.82) is 5.26 Å². The van der Waals surface area contributed by atoms with Gasteiger partial charge < -0.3 is 16.9 Å². The van der Waals surface area contributed by atoms with Gasteiger partial charge in [-0.2, -0.15) is 0 Å². The van der Waals surface area contributed by atoms with Crippen molar-refractivity contribution in [3.63, 3.8) is 0 Å². The maximum atomic E-state index is 13.3. The molecule has 0 fully saturated rings. The number of carbonyl (C=O) groups is 1. The first kappa shape index (κ1) is 33.1. The van der Waals surface area contributed by atoms with Crippen molar-refractivity contribution < 1.29 is 57.0 Å². The van der Waals surface area contributed by atoms with Gasteiger partial charge in [0.2, 0.25) is 0 Å². The molecule has 0 heterocycles. The molecule has 11 heteroatoms. The summed E-state index contributed by atoms with van der Waals surface area (Å²) in [6.07, 6.45) is 6.05. The fourth-order valence-corrected chi connectivity index (χ4v) is 3.84. The Morgan fingerprint density at radius 1 is 0.969 bits per heavy atom. The Morgan fingerprint density at radius 3 is 1.94 bits per heavy atom. The number of fused-ring (bicyclic) bond motifs is 2. The maximum Gasteiger partial charge on any atom is 1.00 e. The van der Waals surface area contributed by atoms with Crippen molar-refractivity contribution in [2.75, 3.05) is 0 Å². The molecule has 3 radical (unpaired) electrons. The molecule has 2 aliphatic rings. The van der Waals surface area contributed by atoms with E-state index in [-0.39, 0.29) is 70.2 Å². The summed E-state index contributed by atoms with van der Waals surface area (Å²) in [4.78, 5) is 9.00. The smallest absolute Gasteiger partial charge is 0.512 e. The predicted octanol–water partition coefficient (Wildman–Crippen LogP) is 3.32. The summed E-state index contributed by atoms with van der Waals surface area (Å²) in [6.45, 7) is 5.83. The molecule has 0 saturated heterocycles. The molecule has 0 saturated carbocycles. The fourth-order valence-electron chi connectivity index (χ4n) is 2.98. The van der Waals surface area contributed by atoms with Crippen molar-refractivity contribution in [3.8, 4) is 0 Å². The van der Waals surface area contributed by atoms with Crippen LogP contribution in [0.5, 0.6) is 0 Å². The molecule has 32 heavy (non-hydrogen) atoms. The number of benzene rings is 2. The molecule has 3 nitrogen and oxygen atoms in total. The Labute approximate surface area is 225 Å². The average Bonchev–Trinajstić information content (AvgIpc) is 3.36. The monoisotopic (exact) mass is 582 g/mol. The van der Waals surface area contributed by atoms with E-state index in [9.17, 15) is 17.6 Å². The third-order valence-electron chi connectivity index (χ3n) is 4.15. The van der Waals surface area contributed by atoms with E-state index >= 15 is 0 Å². The van der Waals surface area contributed by atoms with Crippen LogP contribution >= 0.6 is 31.9 Å². The molecular weight excluding hydrogens is 568 g/mol. The largest absolute Gasteiger partial charge is 1.00 e. The van der Waals surface area contributed by atoms with Gasteiger partial charge in [0, 0.05) is 26.5 Å². The van der Waals surface area contributed by atoms with Crippen LogP contribution in [0.4, 0.5) is 17.6 Å². The SMILES string of the molecule is CC(=O)O.Fc1cc(Br)c(F)c2c1CC=C2.Fc1cc(Br)c(F)c2c1CCC2.[B].[C-]#N.[Na+]. The summed E-state index contributed by atoms with van der Waals surface area (Å²) in [5.74, 6) is -2.12. The van der Waals surface area contributed by atoms with Crippen LogP contribution in [0.1, 0.15) is 35.6 Å². The number of rotatable bonds is 0. The molecule has 0 aliphatic heterocycles. The second kappa shape index (κ2) is 15.7. The van der Waals surface area contributed by atoms with Gasteiger partial charge in [-0.25, -0.2) is 17.6 Å². The first-order valence-electron chi connectivity index (χ1n) is 8.53. The van der Waals surface area contributed by atoms with E-state index in [1.54, 1.807) is 12.2 Å². The average molecular weight is 584 g/mol. The van der Waals surface area contributed by atoms with Crippen molar-refractivity contribution in [1.82, 2.24) is 0 Å². The van der Waals surface area contributed by atoms with Gasteiger partial charge in [-0.3, -0.25) is 4.79 Å². The van der Waals surface area contributed by atoms with Gasteiger partial charge >= 0.3 is 29.6 Å². The van der Waals surface area contributed by atoms with Crippen molar-refractivity contribution >= 4 is 52.3 Å². The van der Waals surface area contributed by atoms with Crippen LogP contribution in [0.3, 0.4) is 0 Å². The van der Waals surface area contributed by atoms with Gasteiger partial charge in [0.05, 0.1) is 8.95 Å². The molecule has 2 aromatic carbocycles. The number of hydrogen-bond donors (Lipinski definition) is 1. The number of carboxylic acid groups (broad SMARTS) is 1. The molecule has 0 atom stereocenters. The van der Waals surface area contributed by atoms with Crippen molar-refractivity contribution in [3.05, 3.63) is 79.2 Å². The summed E-state index contributed by atoms with van der Waals surface area (Å²) in [5.41, 5.74) is 1.95. The van der Waals surface area contributed by atoms with Crippen LogP contribution in [-0.2, 0) is 24.1 Å². The van der Waals surface area contributed by atoms with E-state index in [1.165, 1.54) is 12.1 Å². The molecular formula is C21H16BBr2F4NNaO2. The van der Waals surface area contributed by atoms with E-state index in [1.807, 2.05) is 0 Å². The standard InChI is InChI=1S/C9H7BrF2.C9H5BrF2.C2H4O2.CN.B.Na/c2*10-7-4-8(11)5-2-1-3-6(5)9(7)12;1-2(3)4;1-2;;/h4H,1-3H2;1,3-4H,2H2;1H3,(H,3,4);;;/q;;;-1;;+1. The first-order valence-corrected chi connectivity index (χ1v) is 10.1. The molecule has 2 aliphatic carbocycles. The Balaban J connectivity index is 0. The second-order valence-corrected chi connectivity index (χ2v) is 7.85. The number of carboxylic acids is 1. The summed E-state index contributed by atoms with van der Waals surface area (Å²) in [5, 5.41) is 13.7. The van der Waals surface area contributed by atoms with Gasteiger partial charge in [0.15, 0.2) is 0 Å². The molecule has 0 bridgehead atoms. The molecule has 2 aromatic rings. The van der Waals surface area contributed by atoms with Crippen LogP contribution in [0.25, 0.3) is 6.08 Å². The fraction of sp³-hybridized carbons (Fsp3) is 0.238. The number of halogens is 6. The van der Waals surface area contributed by atoms with E-state index < -0.39 is 5.97 Å². The van der Waals surface area contributed by atoms with Gasteiger partial charge in [-0.05, 0) is 80.8 Å². The third kappa shape index (κ3) is 8.67. The molecule has 1 N–H and O–H groups in total. The summed E-state index contributed by atoms with van der Waals surface area (Å²) >= 11 is 5.94. The van der Waals surface area contributed by atoms with E-state index in [4.69, 9.17) is 21.7 Å². The maximum absolute atomic E-state index is 13.3. The molecule has 0 amide bonds. The first-order chi connectivity index (χ1) is 14.1. The van der Waals surface area contributed by atoms with Gasteiger partial charge in [-0.15, -0.1) is 0 Å². The van der Waals surface area contributed by atoms with E-state index in [0.717, 1.165) is 13.3 Å². The quantitative estimate of drug-likeness (QED) is 0.224. The van der Waals surface area contributed by atoms with Crippen LogP contribution in [0.15, 0.2) is 27.2 Å². The number of hydrogen-bond acceptors (Lipinski definition) is 2. The number of aliphatic carboxylic acids is 1. The molecule has 0 unspecified atom stereocenters. The minimum Gasteiger partial charge on any atom is -0.512 e. The number of allylic oxidation sites excluding steroid dienone is 1. The Bertz CT molecular complexity index is 988. The minimum absolute atomic E-state index is 0. The van der Waals surface area contributed by atoms with Gasteiger partial charge in [0.1, 0.15) is 23.3 Å². The normalized spacial score (nSPS) is 11.5. The zero-order valence-electron chi connectivity index (χ0n) is 17.3. The van der Waals surface area contributed by atoms with Crippen molar-refractivity contribution in [2.24, 2.45) is 0 Å². The molecule has 0 spiro atoms. The minimum atomic E-state index is -0.833. The van der Waals surface area contributed by atoms with E-state index in [0.29, 0.717) is 41.5 Å². The van der Waals surface area contributed by atoms with Crippen molar-refractivity contribution in [2.45, 2.75) is 32.6 Å². The zero-order valence-corrected chi connectivity index (χ0v) is 22.5. The predicted molar refractivity (Wildman–Crippen MR) is 117 cm³/mol. The molecule has 0 aromatic heterocycles. The molecule has 163 valence electrons. The van der Waals surface area contributed by atoms with E-state index in [2.05, 4.69) is 31.9 Å². The summed E-state index contributed by atoms with van der Waals surface area (Å²) in [7, 11) is 0. The Hall–Kier alpha value is -1.12. The topological polar surface area (TPSA) is 61.1 Å². The van der Waals surface area contributed by atoms with Crippen LogP contribution in [-0.4, -0.2) is 19.5 Å². The second-order valence-electron chi connectivity index (χ2n) is 6.14. The van der Waals surface area contributed by atoms with Gasteiger partial charge in [0.25, 0.3) is 5.97 Å². The summed E-state index contributed by atoms with van der Waals surface area (Å²) in [6, 6.07) is 2.38. The Morgan fingerprint density at radius 2 is 1.41 bits per heavy atom. The van der Waals surface area contributed by atoms with Gasteiger partial charge in [-0.1, -0.05) is 12.2 Å². The number of nitrogens with zero attached hydrogens (tertiary/aromatic N) is 1. The third-order valence-corrected chi connectivity index (χ3v) is 5.31. The van der Waals surface area contributed by atoms with Crippen LogP contribution in [0, 0.1) is 35.1 Å². The summed E-state index contributed by atoms with van der Waals surface area (Å²) < 4.78 is 53.1. The zero-order chi connectivity index (χ0) is 23.0. The Kier molecular flexibility index (Phi) is 16.2. The molecule has 4 rings (SSSR count).